The summed E-state index contributed by atoms with van der Waals surface area (Å²) in [6.45, 7) is 21.2. The largest absolute Gasteiger partial charge is 0.350 e. The molecule has 0 aromatic carbocycles. The molecule has 0 saturated carbocycles. The van der Waals surface area contributed by atoms with Crippen LogP contribution in [0.15, 0.2) is 0 Å². The Hall–Kier alpha value is -3.18. The van der Waals surface area contributed by atoms with Crippen LogP contribution in [-0.4, -0.2) is 95.6 Å². The number of rotatable bonds is 17. The molecule has 0 aliphatic carbocycles. The third-order valence-corrected chi connectivity index (χ3v) is 10.2. The second-order valence-electron chi connectivity index (χ2n) is 16.9. The fraction of sp³-hybridized carbons (Fsp3) is 0.842. The van der Waals surface area contributed by atoms with Crippen molar-refractivity contribution in [2.75, 3.05) is 26.2 Å². The lowest BCUT2D eigenvalue weighted by Gasteiger charge is -2.39. The molecule has 0 aromatic heterocycles. The highest BCUT2D eigenvalue weighted by atomic mass is 16.2. The van der Waals surface area contributed by atoms with Crippen LogP contribution in [-0.2, 0) is 24.0 Å². The van der Waals surface area contributed by atoms with E-state index in [2.05, 4.69) is 42.0 Å². The molecular formula is C38H68N6O6. The molecule has 0 radical (unpaired) electrons. The number of urea groups is 1. The fourth-order valence-electron chi connectivity index (χ4n) is 6.69. The molecule has 50 heavy (non-hydrogen) atoms. The van der Waals surface area contributed by atoms with Crippen molar-refractivity contribution in [3.8, 4) is 0 Å². The summed E-state index contributed by atoms with van der Waals surface area (Å²) in [5.41, 5.74) is -1.07. The first-order valence-electron chi connectivity index (χ1n) is 19.1. The lowest BCUT2D eigenvalue weighted by atomic mass is 9.85. The number of hydrogen-bond donors (Lipinski definition) is 4. The first-order chi connectivity index (χ1) is 23.3. The smallest absolute Gasteiger partial charge is 0.315 e. The first kappa shape index (κ1) is 43.0. The number of ketones is 1. The van der Waals surface area contributed by atoms with E-state index >= 15 is 0 Å². The molecule has 286 valence electrons. The highest BCUT2D eigenvalue weighted by molar-refractivity contribution is 6.38. The number of carbonyl (C=O) groups excluding carboxylic acids is 6. The van der Waals surface area contributed by atoms with Crippen molar-refractivity contribution in [2.45, 2.75) is 158 Å². The van der Waals surface area contributed by atoms with Gasteiger partial charge in [-0.2, -0.15) is 0 Å². The van der Waals surface area contributed by atoms with Crippen LogP contribution in [0.1, 0.15) is 133 Å². The Labute approximate surface area is 301 Å². The Morgan fingerprint density at radius 2 is 1.52 bits per heavy atom. The molecule has 0 spiro atoms. The maximum absolute atomic E-state index is 14.5. The summed E-state index contributed by atoms with van der Waals surface area (Å²) < 4.78 is 0. The van der Waals surface area contributed by atoms with Crippen molar-refractivity contribution in [2.24, 2.45) is 22.7 Å². The number of carbonyl (C=O) groups is 6. The summed E-state index contributed by atoms with van der Waals surface area (Å²) in [6, 6.07) is -3.70. The summed E-state index contributed by atoms with van der Waals surface area (Å²) in [7, 11) is 0. The first-order valence-corrected chi connectivity index (χ1v) is 19.1. The third kappa shape index (κ3) is 12.9. The number of nitrogens with one attached hydrogen (secondary N) is 4. The molecule has 2 saturated heterocycles. The van der Waals surface area contributed by atoms with Gasteiger partial charge in [-0.3, -0.25) is 24.0 Å². The molecule has 2 rings (SSSR count). The summed E-state index contributed by atoms with van der Waals surface area (Å²) in [5.74, 6) is -1.95. The zero-order valence-corrected chi connectivity index (χ0v) is 32.7. The van der Waals surface area contributed by atoms with Gasteiger partial charge >= 0.3 is 6.03 Å². The Bertz CT molecular complexity index is 1180. The molecule has 2 aliphatic heterocycles. The zero-order valence-electron chi connectivity index (χ0n) is 32.7. The predicted octanol–water partition coefficient (Wildman–Crippen LogP) is 4.55. The molecule has 6 amide bonds. The number of hydrogen-bond acceptors (Lipinski definition) is 6. The van der Waals surface area contributed by atoms with Crippen molar-refractivity contribution < 1.29 is 28.8 Å². The third-order valence-electron chi connectivity index (χ3n) is 10.2. The monoisotopic (exact) mass is 705 g/mol. The van der Waals surface area contributed by atoms with E-state index in [0.29, 0.717) is 51.9 Å². The average molecular weight is 705 g/mol. The van der Waals surface area contributed by atoms with Crippen molar-refractivity contribution >= 4 is 35.4 Å². The lowest BCUT2D eigenvalue weighted by molar-refractivity contribution is -0.143. The van der Waals surface area contributed by atoms with Crippen LogP contribution in [0.4, 0.5) is 4.79 Å². The van der Waals surface area contributed by atoms with E-state index in [1.807, 2.05) is 41.5 Å². The molecule has 0 bridgehead atoms. The second kappa shape index (κ2) is 19.4. The van der Waals surface area contributed by atoms with E-state index in [1.54, 1.807) is 16.7 Å². The molecule has 5 atom stereocenters. The Balaban J connectivity index is 2.30. The Morgan fingerprint density at radius 1 is 0.860 bits per heavy atom. The van der Waals surface area contributed by atoms with E-state index in [4.69, 9.17) is 0 Å². The van der Waals surface area contributed by atoms with Crippen molar-refractivity contribution in [1.29, 1.82) is 0 Å². The molecule has 2 fully saturated rings. The number of nitrogens with zero attached hydrogens (tertiary/aromatic N) is 2. The highest BCUT2D eigenvalue weighted by Gasteiger charge is 2.46. The minimum absolute atomic E-state index is 0.0306. The highest BCUT2D eigenvalue weighted by Crippen LogP contribution is 2.32. The van der Waals surface area contributed by atoms with Crippen LogP contribution in [0.25, 0.3) is 0 Å². The minimum Gasteiger partial charge on any atom is -0.350 e. The predicted molar refractivity (Wildman–Crippen MR) is 196 cm³/mol. The van der Waals surface area contributed by atoms with Gasteiger partial charge in [0, 0.05) is 32.6 Å². The normalized spacial score (nSPS) is 20.3. The van der Waals surface area contributed by atoms with Crippen LogP contribution >= 0.6 is 0 Å². The van der Waals surface area contributed by atoms with Gasteiger partial charge in [-0.25, -0.2) is 4.79 Å². The average Bonchev–Trinajstić information content (AvgIpc) is 3.48. The van der Waals surface area contributed by atoms with Gasteiger partial charge in [-0.1, -0.05) is 94.4 Å². The van der Waals surface area contributed by atoms with Crippen LogP contribution < -0.4 is 21.3 Å². The van der Waals surface area contributed by atoms with Crippen LogP contribution in [0.3, 0.4) is 0 Å². The van der Waals surface area contributed by atoms with Crippen LogP contribution in [0, 0.1) is 22.7 Å². The summed E-state index contributed by atoms with van der Waals surface area (Å²) in [4.78, 5) is 83.8. The molecule has 0 aromatic rings. The Kier molecular flexibility index (Phi) is 16.7. The second-order valence-corrected chi connectivity index (χ2v) is 16.9. The molecule has 1 unspecified atom stereocenters. The SMILES string of the molecule is CCCCCCCC(NC(=O)[C@@H]1C[C@@H](C(C)C)CN1C(=O)[C@@H](NC(=O)N[C@H](CN1CCCCC1=O)C(C)(C)C)C(C)(C)C)C(=O)C(=O)NCC. The lowest BCUT2D eigenvalue weighted by Crippen LogP contribution is -2.62. The molecule has 4 N–H and O–H groups in total. The minimum atomic E-state index is -0.992. The number of likely N-dealkylation sites (tertiary alicyclic amines) is 2. The zero-order chi connectivity index (χ0) is 37.8. The van der Waals surface area contributed by atoms with Crippen molar-refractivity contribution in [3.63, 3.8) is 0 Å². The van der Waals surface area contributed by atoms with E-state index in [-0.39, 0.29) is 35.1 Å². The van der Waals surface area contributed by atoms with Gasteiger partial charge in [-0.15, -0.1) is 0 Å². The summed E-state index contributed by atoms with van der Waals surface area (Å²) in [6.07, 6.45) is 7.78. The van der Waals surface area contributed by atoms with E-state index in [1.165, 1.54) is 0 Å². The molecule has 2 aliphatic rings. The van der Waals surface area contributed by atoms with E-state index < -0.39 is 47.2 Å². The van der Waals surface area contributed by atoms with Gasteiger partial charge in [0.25, 0.3) is 5.91 Å². The molecular weight excluding hydrogens is 636 g/mol. The van der Waals surface area contributed by atoms with Gasteiger partial charge in [0.2, 0.25) is 23.5 Å². The standard InChI is InChI=1S/C38H68N6O6/c1-11-13-14-15-16-19-27(31(46)34(48)39-12-2)40-33(47)28-22-26(25(3)4)23-44(28)35(49)32(38(8,9)10)42-36(50)41-29(37(5,6)7)24-43-21-18-17-20-30(43)45/h25-29,32H,11-24H2,1-10H3,(H,39,48)(H,40,47)(H2,41,42,50)/t26-,27?,28+,29-,32-/m1/s1. The van der Waals surface area contributed by atoms with Crippen molar-refractivity contribution in [1.82, 2.24) is 31.1 Å². The molecule has 12 nitrogen and oxygen atoms in total. The van der Waals surface area contributed by atoms with E-state index in [0.717, 1.165) is 38.5 Å². The van der Waals surface area contributed by atoms with Gasteiger partial charge in [0.15, 0.2) is 0 Å². The summed E-state index contributed by atoms with van der Waals surface area (Å²) >= 11 is 0. The number of Topliss-reactive ketones (excluding diaryl/α,β-unsaturated/α-hetero) is 1. The van der Waals surface area contributed by atoms with E-state index in [9.17, 15) is 28.8 Å². The van der Waals surface area contributed by atoms with Gasteiger partial charge < -0.3 is 31.1 Å². The van der Waals surface area contributed by atoms with Gasteiger partial charge in [0.05, 0.1) is 12.1 Å². The van der Waals surface area contributed by atoms with Crippen molar-refractivity contribution in [3.05, 3.63) is 0 Å². The number of amides is 6. The van der Waals surface area contributed by atoms with Gasteiger partial charge in [0.1, 0.15) is 12.1 Å². The number of unbranched alkanes of at least 4 members (excludes halogenated alkanes) is 4. The van der Waals surface area contributed by atoms with Crippen LogP contribution in [0.5, 0.6) is 0 Å². The fourth-order valence-corrected chi connectivity index (χ4v) is 6.69. The quantitative estimate of drug-likeness (QED) is 0.129. The maximum atomic E-state index is 14.5. The van der Waals surface area contributed by atoms with Crippen LogP contribution in [0.2, 0.25) is 0 Å². The molecule has 12 heteroatoms. The molecule has 2 heterocycles. The Morgan fingerprint density at radius 3 is 2.08 bits per heavy atom. The number of piperidine rings is 1. The number of likely N-dealkylation sites (N-methyl/N-ethyl adjacent to an activating group) is 1. The summed E-state index contributed by atoms with van der Waals surface area (Å²) in [5, 5.41) is 11.4. The topological polar surface area (TPSA) is 157 Å². The van der Waals surface area contributed by atoms with Gasteiger partial charge in [-0.05, 0) is 55.3 Å². The maximum Gasteiger partial charge on any atom is 0.315 e.